The van der Waals surface area contributed by atoms with Crippen LogP contribution >= 0.6 is 0 Å². The average Bonchev–Trinajstić information content (AvgIpc) is 3.22. The van der Waals surface area contributed by atoms with Gasteiger partial charge in [-0.25, -0.2) is 9.83 Å². The molecular formula is C17H25N3O3. The number of methoxy groups -OCH3 is 1. The number of amidine groups is 1. The van der Waals surface area contributed by atoms with E-state index in [9.17, 15) is 0 Å². The molecular weight excluding hydrogens is 294 g/mol. The Morgan fingerprint density at radius 1 is 1.30 bits per heavy atom. The normalized spacial score (nSPS) is 21.1. The van der Waals surface area contributed by atoms with Gasteiger partial charge < -0.3 is 14.8 Å². The van der Waals surface area contributed by atoms with Crippen molar-refractivity contribution in [2.75, 3.05) is 13.7 Å². The van der Waals surface area contributed by atoms with E-state index in [4.69, 9.17) is 14.3 Å². The summed E-state index contributed by atoms with van der Waals surface area (Å²) in [4.78, 5) is 9.51. The molecule has 6 nitrogen and oxygen atoms in total. The molecule has 1 aromatic carbocycles. The lowest BCUT2D eigenvalue weighted by Crippen LogP contribution is -2.25. The number of ether oxygens (including phenoxy) is 2. The number of aliphatic imine (C=N–C) groups is 1. The Morgan fingerprint density at radius 3 is 2.83 bits per heavy atom. The summed E-state index contributed by atoms with van der Waals surface area (Å²) in [5, 5.41) is 3.61. The highest BCUT2D eigenvalue weighted by Crippen LogP contribution is 2.29. The Kier molecular flexibility index (Phi) is 5.35. The monoisotopic (exact) mass is 319 g/mol. The van der Waals surface area contributed by atoms with E-state index in [2.05, 4.69) is 21.9 Å². The van der Waals surface area contributed by atoms with E-state index in [0.717, 1.165) is 18.1 Å². The molecule has 126 valence electrons. The average molecular weight is 319 g/mol. The van der Waals surface area contributed by atoms with E-state index >= 15 is 0 Å². The molecule has 0 saturated heterocycles. The second kappa shape index (κ2) is 7.66. The van der Waals surface area contributed by atoms with Gasteiger partial charge in [-0.3, -0.25) is 5.48 Å². The summed E-state index contributed by atoms with van der Waals surface area (Å²) in [5.74, 6) is 2.21. The highest BCUT2D eigenvalue weighted by atomic mass is 16.7. The summed E-state index contributed by atoms with van der Waals surface area (Å²) in [6.45, 7) is 3.06. The SMILES string of the molecule is COc1cc(CNC2CCCC2)ccc1OCC1N=C(C)NO1. The van der Waals surface area contributed by atoms with Gasteiger partial charge in [-0.2, -0.15) is 0 Å². The van der Waals surface area contributed by atoms with Crippen LogP contribution in [-0.4, -0.2) is 31.8 Å². The number of rotatable bonds is 7. The van der Waals surface area contributed by atoms with Crippen molar-refractivity contribution in [3.63, 3.8) is 0 Å². The maximum atomic E-state index is 5.78. The van der Waals surface area contributed by atoms with Crippen molar-refractivity contribution in [3.05, 3.63) is 23.8 Å². The number of hydroxylamine groups is 1. The molecule has 0 spiro atoms. The van der Waals surface area contributed by atoms with Gasteiger partial charge in [0.15, 0.2) is 11.5 Å². The highest BCUT2D eigenvalue weighted by molar-refractivity contribution is 5.79. The lowest BCUT2D eigenvalue weighted by Gasteiger charge is -2.15. The minimum atomic E-state index is -0.316. The van der Waals surface area contributed by atoms with Gasteiger partial charge in [0.25, 0.3) is 0 Å². The van der Waals surface area contributed by atoms with Gasteiger partial charge >= 0.3 is 0 Å². The van der Waals surface area contributed by atoms with E-state index < -0.39 is 0 Å². The second-order valence-corrected chi connectivity index (χ2v) is 6.05. The smallest absolute Gasteiger partial charge is 0.210 e. The molecule has 1 heterocycles. The van der Waals surface area contributed by atoms with Crippen LogP contribution in [0, 0.1) is 0 Å². The minimum absolute atomic E-state index is 0.316. The lowest BCUT2D eigenvalue weighted by molar-refractivity contribution is 0.00896. The topological polar surface area (TPSA) is 64.1 Å². The molecule has 0 amide bonds. The van der Waals surface area contributed by atoms with E-state index in [-0.39, 0.29) is 6.23 Å². The van der Waals surface area contributed by atoms with Crippen molar-refractivity contribution in [2.45, 2.75) is 51.4 Å². The number of nitrogens with one attached hydrogen (secondary N) is 2. The first kappa shape index (κ1) is 16.1. The van der Waals surface area contributed by atoms with Crippen LogP contribution in [0.15, 0.2) is 23.2 Å². The van der Waals surface area contributed by atoms with E-state index in [0.29, 0.717) is 18.4 Å². The third-order valence-corrected chi connectivity index (χ3v) is 4.24. The molecule has 6 heteroatoms. The Labute approximate surface area is 137 Å². The molecule has 23 heavy (non-hydrogen) atoms. The van der Waals surface area contributed by atoms with Crippen LogP contribution < -0.4 is 20.3 Å². The maximum absolute atomic E-state index is 5.78. The molecule has 1 aliphatic carbocycles. The number of hydrogen-bond donors (Lipinski definition) is 2. The van der Waals surface area contributed by atoms with Gasteiger partial charge in [-0.1, -0.05) is 18.9 Å². The van der Waals surface area contributed by atoms with Crippen molar-refractivity contribution in [1.29, 1.82) is 0 Å². The molecule has 1 aromatic rings. The fraction of sp³-hybridized carbons (Fsp3) is 0.588. The van der Waals surface area contributed by atoms with Crippen molar-refractivity contribution < 1.29 is 14.3 Å². The third-order valence-electron chi connectivity index (χ3n) is 4.24. The molecule has 0 aromatic heterocycles. The molecule has 2 aliphatic rings. The van der Waals surface area contributed by atoms with Crippen LogP contribution in [0.1, 0.15) is 38.2 Å². The first-order valence-corrected chi connectivity index (χ1v) is 8.24. The van der Waals surface area contributed by atoms with E-state index in [1.165, 1.54) is 31.2 Å². The summed E-state index contributed by atoms with van der Waals surface area (Å²) in [7, 11) is 1.66. The number of benzene rings is 1. The van der Waals surface area contributed by atoms with Crippen LogP contribution in [0.25, 0.3) is 0 Å². The van der Waals surface area contributed by atoms with Gasteiger partial charge in [-0.15, -0.1) is 0 Å². The Bertz CT molecular complexity index is 556. The number of hydrogen-bond acceptors (Lipinski definition) is 6. The minimum Gasteiger partial charge on any atom is -0.493 e. The van der Waals surface area contributed by atoms with Crippen LogP contribution in [0.2, 0.25) is 0 Å². The van der Waals surface area contributed by atoms with Crippen molar-refractivity contribution in [2.24, 2.45) is 4.99 Å². The summed E-state index contributed by atoms with van der Waals surface area (Å²) in [5.41, 5.74) is 3.92. The molecule has 1 aliphatic heterocycles. The molecule has 1 unspecified atom stereocenters. The summed E-state index contributed by atoms with van der Waals surface area (Å²) >= 11 is 0. The predicted octanol–water partition coefficient (Wildman–Crippen LogP) is 2.39. The van der Waals surface area contributed by atoms with Gasteiger partial charge in [0, 0.05) is 12.6 Å². The zero-order valence-electron chi connectivity index (χ0n) is 13.8. The van der Waals surface area contributed by atoms with Gasteiger partial charge in [0.1, 0.15) is 12.4 Å². The van der Waals surface area contributed by atoms with Crippen molar-refractivity contribution in [3.8, 4) is 11.5 Å². The van der Waals surface area contributed by atoms with E-state index in [1.807, 2.05) is 19.1 Å². The van der Waals surface area contributed by atoms with Gasteiger partial charge in [-0.05, 0) is 37.5 Å². The van der Waals surface area contributed by atoms with Crippen LogP contribution in [-0.2, 0) is 11.4 Å². The summed E-state index contributed by atoms with van der Waals surface area (Å²) in [6.07, 6.45) is 4.94. The van der Waals surface area contributed by atoms with Gasteiger partial charge in [0.05, 0.1) is 7.11 Å². The highest BCUT2D eigenvalue weighted by Gasteiger charge is 2.17. The first-order valence-electron chi connectivity index (χ1n) is 8.24. The molecule has 3 rings (SSSR count). The molecule has 1 saturated carbocycles. The molecule has 1 fully saturated rings. The largest absolute Gasteiger partial charge is 0.493 e. The number of nitrogens with zero attached hydrogens (tertiary/aromatic N) is 1. The lowest BCUT2D eigenvalue weighted by atomic mass is 10.1. The zero-order chi connectivity index (χ0) is 16.1. The quantitative estimate of drug-likeness (QED) is 0.808. The third kappa shape index (κ3) is 4.36. The predicted molar refractivity (Wildman–Crippen MR) is 88.7 cm³/mol. The van der Waals surface area contributed by atoms with Crippen LogP contribution in [0.4, 0.5) is 0 Å². The van der Waals surface area contributed by atoms with Gasteiger partial charge in [0.2, 0.25) is 6.23 Å². The van der Waals surface area contributed by atoms with Crippen LogP contribution in [0.3, 0.4) is 0 Å². The maximum Gasteiger partial charge on any atom is 0.210 e. The Balaban J connectivity index is 1.55. The Morgan fingerprint density at radius 2 is 2.13 bits per heavy atom. The Hall–Kier alpha value is -1.79. The fourth-order valence-electron chi connectivity index (χ4n) is 2.99. The molecule has 2 N–H and O–H groups in total. The zero-order valence-corrected chi connectivity index (χ0v) is 13.8. The van der Waals surface area contributed by atoms with Crippen LogP contribution in [0.5, 0.6) is 11.5 Å². The van der Waals surface area contributed by atoms with Crippen molar-refractivity contribution >= 4 is 5.84 Å². The van der Waals surface area contributed by atoms with Crippen molar-refractivity contribution in [1.82, 2.24) is 10.8 Å². The second-order valence-electron chi connectivity index (χ2n) is 6.05. The van der Waals surface area contributed by atoms with E-state index in [1.54, 1.807) is 7.11 Å². The summed E-state index contributed by atoms with van der Waals surface area (Å²) in [6, 6.07) is 6.70. The molecule has 1 atom stereocenters. The standard InChI is InChI=1S/C17H25N3O3/c1-12-19-17(23-20-12)11-22-15-8-7-13(9-16(15)21-2)10-18-14-5-3-4-6-14/h7-9,14,17-18H,3-6,10-11H2,1-2H3,(H,19,20). The first-order chi connectivity index (χ1) is 11.2. The fourth-order valence-corrected chi connectivity index (χ4v) is 2.99. The summed E-state index contributed by atoms with van der Waals surface area (Å²) < 4.78 is 11.2. The molecule has 0 bridgehead atoms. The molecule has 0 radical (unpaired) electrons.